The quantitative estimate of drug-likeness (QED) is 0.648. The van der Waals surface area contributed by atoms with E-state index in [1.807, 2.05) is 0 Å². The van der Waals surface area contributed by atoms with Crippen molar-refractivity contribution in [2.75, 3.05) is 50.1 Å². The topological polar surface area (TPSA) is 96.5 Å². The Bertz CT molecular complexity index is 773. The van der Waals surface area contributed by atoms with Crippen LogP contribution in [-0.2, 0) is 19.6 Å². The van der Waals surface area contributed by atoms with E-state index in [-0.39, 0.29) is 19.2 Å². The van der Waals surface area contributed by atoms with Gasteiger partial charge in [0.25, 0.3) is 0 Å². The number of nitrogens with zero attached hydrogens (tertiary/aromatic N) is 3. The highest BCUT2D eigenvalue weighted by molar-refractivity contribution is 7.92. The van der Waals surface area contributed by atoms with Crippen molar-refractivity contribution in [1.29, 1.82) is 0 Å². The van der Waals surface area contributed by atoms with Crippen LogP contribution < -0.4 is 13.8 Å². The minimum absolute atomic E-state index is 0.0810. The van der Waals surface area contributed by atoms with E-state index >= 15 is 0 Å². The molecule has 0 bridgehead atoms. The van der Waals surface area contributed by atoms with Crippen molar-refractivity contribution in [2.24, 2.45) is 0 Å². The molecule has 2 aliphatic rings. The van der Waals surface area contributed by atoms with E-state index in [0.717, 1.165) is 17.0 Å². The third-order valence-corrected chi connectivity index (χ3v) is 5.28. The first kappa shape index (κ1) is 17.3. The monoisotopic (exact) mass is 369 g/mol. The van der Waals surface area contributed by atoms with Crippen molar-refractivity contribution in [3.63, 3.8) is 0 Å². The normalized spacial score (nSPS) is 16.7. The molecule has 2 aliphatic heterocycles. The highest BCUT2D eigenvalue weighted by Gasteiger charge is 2.27. The summed E-state index contributed by atoms with van der Waals surface area (Å²) in [5.41, 5.74) is 0.339. The number of hydrogen-bond acceptors (Lipinski definition) is 6. The molecular formula is C15H19N3O6S. The minimum atomic E-state index is -3.66. The molecule has 2 heterocycles. The lowest BCUT2D eigenvalue weighted by atomic mass is 10.2. The van der Waals surface area contributed by atoms with Gasteiger partial charge < -0.3 is 19.3 Å². The van der Waals surface area contributed by atoms with Gasteiger partial charge in [0.2, 0.25) is 29.1 Å². The maximum atomic E-state index is 12.5. The summed E-state index contributed by atoms with van der Waals surface area (Å²) in [4.78, 5) is 26.4. The van der Waals surface area contributed by atoms with Crippen LogP contribution >= 0.6 is 0 Å². The van der Waals surface area contributed by atoms with Crippen molar-refractivity contribution in [1.82, 2.24) is 9.80 Å². The van der Waals surface area contributed by atoms with Crippen molar-refractivity contribution in [3.05, 3.63) is 18.2 Å². The Morgan fingerprint density at radius 2 is 1.88 bits per heavy atom. The molecule has 1 fully saturated rings. The second-order valence-corrected chi connectivity index (χ2v) is 7.74. The van der Waals surface area contributed by atoms with Gasteiger partial charge in [0, 0.05) is 32.2 Å². The number of rotatable bonds is 5. The molecule has 0 unspecified atom stereocenters. The van der Waals surface area contributed by atoms with E-state index < -0.39 is 10.0 Å². The smallest absolute Gasteiger partial charge is 0.243 e. The molecule has 1 aromatic carbocycles. The number of hydrogen-bond donors (Lipinski definition) is 0. The first-order chi connectivity index (χ1) is 11.9. The largest absolute Gasteiger partial charge is 0.454 e. The molecule has 0 saturated carbocycles. The Kier molecular flexibility index (Phi) is 4.71. The maximum absolute atomic E-state index is 12.5. The van der Waals surface area contributed by atoms with Crippen LogP contribution in [0, 0.1) is 0 Å². The van der Waals surface area contributed by atoms with Crippen molar-refractivity contribution < 1.29 is 27.5 Å². The number of carbonyl (C=O) groups excluding carboxylic acids is 2. The molecular weight excluding hydrogens is 350 g/mol. The number of piperazine rings is 1. The van der Waals surface area contributed by atoms with Gasteiger partial charge in [-0.3, -0.25) is 13.9 Å². The van der Waals surface area contributed by atoms with Crippen molar-refractivity contribution >= 4 is 28.0 Å². The Morgan fingerprint density at radius 1 is 1.20 bits per heavy atom. The van der Waals surface area contributed by atoms with Gasteiger partial charge in [-0.05, 0) is 12.1 Å². The molecule has 0 radical (unpaired) electrons. The van der Waals surface area contributed by atoms with E-state index in [4.69, 9.17) is 9.47 Å². The van der Waals surface area contributed by atoms with Gasteiger partial charge >= 0.3 is 0 Å². The predicted molar refractivity (Wildman–Crippen MR) is 89.0 cm³/mol. The number of fused-ring (bicyclic) bond motifs is 1. The van der Waals surface area contributed by atoms with Crippen molar-refractivity contribution in [3.8, 4) is 11.5 Å². The zero-order valence-corrected chi connectivity index (χ0v) is 14.6. The van der Waals surface area contributed by atoms with Crippen LogP contribution in [-0.4, -0.2) is 76.3 Å². The van der Waals surface area contributed by atoms with E-state index in [9.17, 15) is 18.0 Å². The van der Waals surface area contributed by atoms with Crippen molar-refractivity contribution in [2.45, 2.75) is 0 Å². The van der Waals surface area contributed by atoms with Gasteiger partial charge in [-0.2, -0.15) is 0 Å². The van der Waals surface area contributed by atoms with E-state index in [1.165, 1.54) is 0 Å². The van der Waals surface area contributed by atoms with Gasteiger partial charge in [-0.15, -0.1) is 0 Å². The molecule has 0 atom stereocenters. The summed E-state index contributed by atoms with van der Waals surface area (Å²) in [6.45, 7) is 1.43. The van der Waals surface area contributed by atoms with Gasteiger partial charge in [-0.1, -0.05) is 0 Å². The number of anilines is 1. The lowest BCUT2D eigenvalue weighted by molar-refractivity contribution is -0.133. The summed E-state index contributed by atoms with van der Waals surface area (Å²) in [5.74, 6) is 0.667. The van der Waals surface area contributed by atoms with Crippen LogP contribution in [0.1, 0.15) is 0 Å². The number of carbonyl (C=O) groups is 2. The fourth-order valence-electron chi connectivity index (χ4n) is 2.74. The van der Waals surface area contributed by atoms with Crippen LogP contribution in [0.4, 0.5) is 5.69 Å². The first-order valence-electron chi connectivity index (χ1n) is 7.73. The maximum Gasteiger partial charge on any atom is 0.243 e. The standard InChI is InChI=1S/C15H19N3O6S/c1-25(21,22)18(12-2-3-13-14(8-12)24-11-23-13)9-15(20)17-6-4-16(10-19)5-7-17/h2-3,8,10H,4-7,9,11H2,1H3. The summed E-state index contributed by atoms with van der Waals surface area (Å²) in [6, 6.07) is 4.73. The average molecular weight is 369 g/mol. The molecule has 0 N–H and O–H groups in total. The van der Waals surface area contributed by atoms with Crippen LogP contribution in [0.3, 0.4) is 0 Å². The van der Waals surface area contributed by atoms with Gasteiger partial charge in [0.1, 0.15) is 6.54 Å². The summed E-state index contributed by atoms with van der Waals surface area (Å²) in [5, 5.41) is 0. The molecule has 2 amide bonds. The Morgan fingerprint density at radius 3 is 2.52 bits per heavy atom. The first-order valence-corrected chi connectivity index (χ1v) is 9.58. The number of amides is 2. The third kappa shape index (κ3) is 3.78. The van der Waals surface area contributed by atoms with Crippen LogP contribution in [0.15, 0.2) is 18.2 Å². The van der Waals surface area contributed by atoms with E-state index in [2.05, 4.69) is 0 Å². The predicted octanol–water partition coefficient (Wildman–Crippen LogP) is -0.518. The molecule has 136 valence electrons. The SMILES string of the molecule is CS(=O)(=O)N(CC(=O)N1CCN(C=O)CC1)c1ccc2c(c1)OCO2. The second kappa shape index (κ2) is 6.79. The van der Waals surface area contributed by atoms with E-state index in [0.29, 0.717) is 43.4 Å². The molecule has 10 heteroatoms. The van der Waals surface area contributed by atoms with Crippen LogP contribution in [0.2, 0.25) is 0 Å². The zero-order chi connectivity index (χ0) is 18.0. The zero-order valence-electron chi connectivity index (χ0n) is 13.8. The lowest BCUT2D eigenvalue weighted by Crippen LogP contribution is -2.51. The van der Waals surface area contributed by atoms with Gasteiger partial charge in [-0.25, -0.2) is 8.42 Å². The van der Waals surface area contributed by atoms with Crippen LogP contribution in [0.5, 0.6) is 11.5 Å². The third-order valence-electron chi connectivity index (χ3n) is 4.14. The highest BCUT2D eigenvalue weighted by Crippen LogP contribution is 2.36. The summed E-state index contributed by atoms with van der Waals surface area (Å²) < 4.78 is 35.9. The van der Waals surface area contributed by atoms with Gasteiger partial charge in [0.05, 0.1) is 11.9 Å². The highest BCUT2D eigenvalue weighted by atomic mass is 32.2. The summed E-state index contributed by atoms with van der Waals surface area (Å²) in [6.07, 6.45) is 1.80. The molecule has 1 saturated heterocycles. The number of benzene rings is 1. The molecule has 0 aromatic heterocycles. The van der Waals surface area contributed by atoms with Gasteiger partial charge in [0.15, 0.2) is 11.5 Å². The molecule has 0 aliphatic carbocycles. The summed E-state index contributed by atoms with van der Waals surface area (Å²) in [7, 11) is -3.66. The molecule has 9 nitrogen and oxygen atoms in total. The van der Waals surface area contributed by atoms with E-state index in [1.54, 1.807) is 28.0 Å². The Balaban J connectivity index is 1.76. The molecule has 1 aromatic rings. The molecule has 3 rings (SSSR count). The fraction of sp³-hybridized carbons (Fsp3) is 0.467. The fourth-order valence-corrected chi connectivity index (χ4v) is 3.58. The lowest BCUT2D eigenvalue weighted by Gasteiger charge is -2.34. The number of sulfonamides is 1. The van der Waals surface area contributed by atoms with Crippen LogP contribution in [0.25, 0.3) is 0 Å². The molecule has 0 spiro atoms. The number of ether oxygens (including phenoxy) is 2. The minimum Gasteiger partial charge on any atom is -0.454 e. The Labute approximate surface area is 145 Å². The Hall–Kier alpha value is -2.49. The average Bonchev–Trinajstić information content (AvgIpc) is 3.06. The molecule has 25 heavy (non-hydrogen) atoms. The summed E-state index contributed by atoms with van der Waals surface area (Å²) >= 11 is 0. The second-order valence-electron chi connectivity index (χ2n) is 5.83.